The van der Waals surface area contributed by atoms with Gasteiger partial charge < -0.3 is 10.2 Å². The van der Waals surface area contributed by atoms with Crippen LogP contribution in [0.3, 0.4) is 0 Å². The summed E-state index contributed by atoms with van der Waals surface area (Å²) in [6, 6.07) is 6.47. The second kappa shape index (κ2) is 6.67. The number of piperidine rings is 1. The number of benzene rings is 1. The summed E-state index contributed by atoms with van der Waals surface area (Å²) in [7, 11) is 0. The quantitative estimate of drug-likeness (QED) is 0.750. The molecule has 4 atom stereocenters. The largest absolute Gasteiger partial charge is 0.322 e. The van der Waals surface area contributed by atoms with E-state index in [-0.39, 0.29) is 24.1 Å². The number of carbonyl (C=O) groups excluding carboxylic acids is 3. The molecule has 3 amide bonds. The maximum Gasteiger partial charge on any atom is 0.255 e. The molecule has 5 rings (SSSR count). The lowest BCUT2D eigenvalue weighted by molar-refractivity contribution is -0.136. The standard InChI is InChI=1S/C21H26N4O3/c1-12-7-14-8-22-9-18(14)24(12)10-13-3-2-4-15-16(13)11-25(21(15)28)17-5-6-19(26)23-20(17)27/h2-4,12,14,17-18,22H,5-11H2,1H3,(H,23,26,27)/t12-,14+,17?,18-/m1/s1. The van der Waals surface area contributed by atoms with E-state index in [1.165, 1.54) is 12.0 Å². The molecule has 28 heavy (non-hydrogen) atoms. The second-order valence-electron chi connectivity index (χ2n) is 8.59. The van der Waals surface area contributed by atoms with Gasteiger partial charge in [-0.2, -0.15) is 0 Å². The average molecular weight is 382 g/mol. The Hall–Kier alpha value is -2.25. The van der Waals surface area contributed by atoms with Crippen LogP contribution in [0.25, 0.3) is 0 Å². The van der Waals surface area contributed by atoms with Gasteiger partial charge in [0.1, 0.15) is 6.04 Å². The number of hydrogen-bond acceptors (Lipinski definition) is 5. The lowest BCUT2D eigenvalue weighted by Crippen LogP contribution is -2.52. The van der Waals surface area contributed by atoms with Crippen LogP contribution >= 0.6 is 0 Å². The van der Waals surface area contributed by atoms with Crippen LogP contribution in [0, 0.1) is 5.92 Å². The van der Waals surface area contributed by atoms with Crippen LogP contribution in [-0.2, 0) is 22.7 Å². The summed E-state index contributed by atoms with van der Waals surface area (Å²) in [6.07, 6.45) is 1.90. The molecule has 3 saturated heterocycles. The Bertz CT molecular complexity index is 854. The first-order valence-corrected chi connectivity index (χ1v) is 10.2. The van der Waals surface area contributed by atoms with Crippen molar-refractivity contribution in [3.8, 4) is 0 Å². The molecule has 148 valence electrons. The number of imide groups is 1. The van der Waals surface area contributed by atoms with Crippen LogP contribution in [0.2, 0.25) is 0 Å². The third kappa shape index (κ3) is 2.76. The molecule has 0 saturated carbocycles. The first-order chi connectivity index (χ1) is 13.5. The molecule has 3 fully saturated rings. The minimum absolute atomic E-state index is 0.0961. The Kier molecular flexibility index (Phi) is 4.25. The zero-order chi connectivity index (χ0) is 19.4. The smallest absolute Gasteiger partial charge is 0.255 e. The van der Waals surface area contributed by atoms with Gasteiger partial charge in [-0.25, -0.2) is 0 Å². The number of nitrogens with one attached hydrogen (secondary N) is 2. The van der Waals surface area contributed by atoms with Crippen LogP contribution < -0.4 is 10.6 Å². The van der Waals surface area contributed by atoms with Gasteiger partial charge in [-0.15, -0.1) is 0 Å². The Labute approximate surface area is 164 Å². The van der Waals surface area contributed by atoms with Crippen molar-refractivity contribution in [1.82, 2.24) is 20.4 Å². The van der Waals surface area contributed by atoms with E-state index in [1.54, 1.807) is 4.90 Å². The lowest BCUT2D eigenvalue weighted by atomic mass is 10.0. The Balaban J connectivity index is 1.39. The number of nitrogens with zero attached hydrogens (tertiary/aromatic N) is 2. The fraction of sp³-hybridized carbons (Fsp3) is 0.571. The van der Waals surface area contributed by atoms with E-state index in [1.807, 2.05) is 12.1 Å². The molecule has 1 aromatic carbocycles. The zero-order valence-corrected chi connectivity index (χ0v) is 16.1. The van der Waals surface area contributed by atoms with Gasteiger partial charge in [-0.05, 0) is 49.4 Å². The molecule has 4 aliphatic rings. The summed E-state index contributed by atoms with van der Waals surface area (Å²) < 4.78 is 0. The van der Waals surface area contributed by atoms with Crippen molar-refractivity contribution < 1.29 is 14.4 Å². The first-order valence-electron chi connectivity index (χ1n) is 10.2. The van der Waals surface area contributed by atoms with Crippen molar-refractivity contribution in [2.24, 2.45) is 5.92 Å². The third-order valence-electron chi connectivity index (χ3n) is 6.97. The minimum atomic E-state index is -0.556. The van der Waals surface area contributed by atoms with Gasteiger partial charge >= 0.3 is 0 Å². The van der Waals surface area contributed by atoms with E-state index < -0.39 is 6.04 Å². The van der Waals surface area contributed by atoms with E-state index in [0.717, 1.165) is 25.2 Å². The molecule has 1 unspecified atom stereocenters. The number of hydrogen-bond donors (Lipinski definition) is 2. The van der Waals surface area contributed by atoms with Crippen LogP contribution in [0.5, 0.6) is 0 Å². The van der Waals surface area contributed by atoms with Gasteiger partial charge in [0.2, 0.25) is 11.8 Å². The second-order valence-corrected chi connectivity index (χ2v) is 8.59. The SMILES string of the molecule is C[C@@H]1C[C@H]2CNC[C@H]2N1Cc1cccc2c1CN(C1CCC(=O)NC1=O)C2=O. The van der Waals surface area contributed by atoms with E-state index >= 15 is 0 Å². The number of amides is 3. The van der Waals surface area contributed by atoms with Crippen LogP contribution in [0.1, 0.15) is 47.7 Å². The summed E-state index contributed by atoms with van der Waals surface area (Å²) in [5, 5.41) is 5.87. The van der Waals surface area contributed by atoms with Gasteiger partial charge in [0.05, 0.1) is 0 Å². The highest BCUT2D eigenvalue weighted by Crippen LogP contribution is 2.36. The maximum absolute atomic E-state index is 13.0. The van der Waals surface area contributed by atoms with Gasteiger partial charge in [0.15, 0.2) is 0 Å². The number of likely N-dealkylation sites (tertiary alicyclic amines) is 1. The van der Waals surface area contributed by atoms with Gasteiger partial charge in [-0.1, -0.05) is 12.1 Å². The highest BCUT2D eigenvalue weighted by Gasteiger charge is 2.43. The molecule has 0 spiro atoms. The van der Waals surface area contributed by atoms with Crippen molar-refractivity contribution >= 4 is 17.7 Å². The zero-order valence-electron chi connectivity index (χ0n) is 16.1. The Morgan fingerprint density at radius 2 is 2.04 bits per heavy atom. The van der Waals surface area contributed by atoms with Gasteiger partial charge in [-0.3, -0.25) is 24.6 Å². The highest BCUT2D eigenvalue weighted by atomic mass is 16.2. The average Bonchev–Trinajstić information content (AvgIpc) is 3.32. The molecule has 4 aliphatic heterocycles. The molecule has 7 heteroatoms. The molecule has 0 radical (unpaired) electrons. The number of fused-ring (bicyclic) bond motifs is 2. The minimum Gasteiger partial charge on any atom is -0.322 e. The van der Waals surface area contributed by atoms with Crippen molar-refractivity contribution in [1.29, 1.82) is 0 Å². The van der Waals surface area contributed by atoms with E-state index in [0.29, 0.717) is 36.5 Å². The topological polar surface area (TPSA) is 81.8 Å². The molecular formula is C21H26N4O3. The molecule has 0 bridgehead atoms. The van der Waals surface area contributed by atoms with Crippen LogP contribution in [0.4, 0.5) is 0 Å². The fourth-order valence-electron chi connectivity index (χ4n) is 5.52. The normalized spacial score (nSPS) is 32.6. The molecule has 7 nitrogen and oxygen atoms in total. The van der Waals surface area contributed by atoms with E-state index in [9.17, 15) is 14.4 Å². The molecule has 2 N–H and O–H groups in total. The summed E-state index contributed by atoms with van der Waals surface area (Å²) in [4.78, 5) is 40.9. The molecular weight excluding hydrogens is 356 g/mol. The van der Waals surface area contributed by atoms with Crippen molar-refractivity contribution in [3.05, 3.63) is 34.9 Å². The van der Waals surface area contributed by atoms with Crippen molar-refractivity contribution in [2.45, 2.75) is 57.4 Å². The van der Waals surface area contributed by atoms with E-state index in [4.69, 9.17) is 0 Å². The summed E-state index contributed by atoms with van der Waals surface area (Å²) >= 11 is 0. The summed E-state index contributed by atoms with van der Waals surface area (Å²) in [5.41, 5.74) is 2.92. The van der Waals surface area contributed by atoms with E-state index in [2.05, 4.69) is 28.5 Å². The van der Waals surface area contributed by atoms with Crippen molar-refractivity contribution in [3.63, 3.8) is 0 Å². The van der Waals surface area contributed by atoms with Crippen molar-refractivity contribution in [2.75, 3.05) is 13.1 Å². The van der Waals surface area contributed by atoms with Gasteiger partial charge in [0, 0.05) is 43.7 Å². The lowest BCUT2D eigenvalue weighted by Gasteiger charge is -2.30. The van der Waals surface area contributed by atoms with Gasteiger partial charge in [0.25, 0.3) is 5.91 Å². The predicted octanol–water partition coefficient (Wildman–Crippen LogP) is 0.630. The number of carbonyl (C=O) groups is 3. The molecule has 0 aliphatic carbocycles. The summed E-state index contributed by atoms with van der Waals surface area (Å²) in [6.45, 7) is 5.71. The number of rotatable bonds is 3. The maximum atomic E-state index is 13.0. The monoisotopic (exact) mass is 382 g/mol. The molecule has 0 aromatic heterocycles. The highest BCUT2D eigenvalue weighted by molar-refractivity contribution is 6.05. The summed E-state index contributed by atoms with van der Waals surface area (Å²) in [5.74, 6) is 0.00966. The predicted molar refractivity (Wildman–Crippen MR) is 102 cm³/mol. The fourth-order valence-corrected chi connectivity index (χ4v) is 5.52. The van der Waals surface area contributed by atoms with Crippen LogP contribution in [0.15, 0.2) is 18.2 Å². The molecule has 1 aromatic rings. The molecule has 4 heterocycles. The Morgan fingerprint density at radius 3 is 2.86 bits per heavy atom. The first kappa shape index (κ1) is 17.8. The van der Waals surface area contributed by atoms with Crippen LogP contribution in [-0.4, -0.2) is 58.7 Å². The Morgan fingerprint density at radius 1 is 1.18 bits per heavy atom. The third-order valence-corrected chi connectivity index (χ3v) is 6.97.